The van der Waals surface area contributed by atoms with Crippen molar-refractivity contribution in [2.24, 2.45) is 0 Å². The number of nitrogens with zero attached hydrogens (tertiary/aromatic N) is 4. The number of morpholine rings is 1. The molecule has 0 radical (unpaired) electrons. The number of ether oxygens (including phenoxy) is 1. The lowest BCUT2D eigenvalue weighted by Gasteiger charge is -2.28. The second-order valence-electron chi connectivity index (χ2n) is 8.02. The number of benzene rings is 2. The minimum Gasteiger partial charge on any atom is -0.378 e. The summed E-state index contributed by atoms with van der Waals surface area (Å²) in [4.78, 5) is 39.0. The molecule has 33 heavy (non-hydrogen) atoms. The van der Waals surface area contributed by atoms with Gasteiger partial charge in [-0.3, -0.25) is 25.0 Å². The van der Waals surface area contributed by atoms with Gasteiger partial charge in [-0.25, -0.2) is 0 Å². The number of carbonyl (C=O) groups excluding carboxylic acids is 1. The van der Waals surface area contributed by atoms with Gasteiger partial charge >= 0.3 is 0 Å². The summed E-state index contributed by atoms with van der Waals surface area (Å²) >= 11 is 0. The van der Waals surface area contributed by atoms with E-state index in [9.17, 15) is 25.0 Å². The maximum Gasteiger partial charge on any atom is 0.294 e. The van der Waals surface area contributed by atoms with Gasteiger partial charge in [0.2, 0.25) is 0 Å². The van der Waals surface area contributed by atoms with E-state index in [2.05, 4.69) is 5.32 Å². The van der Waals surface area contributed by atoms with E-state index in [1.165, 1.54) is 12.1 Å². The van der Waals surface area contributed by atoms with Gasteiger partial charge < -0.3 is 19.9 Å². The zero-order valence-electron chi connectivity index (χ0n) is 18.1. The molecule has 0 atom stereocenters. The minimum absolute atomic E-state index is 0.113. The van der Waals surface area contributed by atoms with E-state index in [1.807, 2.05) is 9.80 Å². The van der Waals surface area contributed by atoms with Crippen LogP contribution in [0.25, 0.3) is 0 Å². The molecule has 11 nitrogen and oxygen atoms in total. The van der Waals surface area contributed by atoms with E-state index >= 15 is 0 Å². The summed E-state index contributed by atoms with van der Waals surface area (Å²) in [7, 11) is 0. The van der Waals surface area contributed by atoms with Crippen LogP contribution >= 0.6 is 0 Å². The van der Waals surface area contributed by atoms with Crippen molar-refractivity contribution < 1.29 is 19.4 Å². The molecule has 0 bridgehead atoms. The monoisotopic (exact) mass is 455 g/mol. The maximum atomic E-state index is 12.8. The molecule has 2 aliphatic rings. The first-order valence-corrected chi connectivity index (χ1v) is 10.9. The lowest BCUT2D eigenvalue weighted by atomic mass is 10.1. The molecule has 0 spiro atoms. The zero-order chi connectivity index (χ0) is 23.4. The van der Waals surface area contributed by atoms with Crippen LogP contribution in [0.5, 0.6) is 0 Å². The molecule has 2 fully saturated rings. The van der Waals surface area contributed by atoms with Crippen LogP contribution in [0.1, 0.15) is 29.6 Å². The van der Waals surface area contributed by atoms with Gasteiger partial charge in [0.25, 0.3) is 17.3 Å². The van der Waals surface area contributed by atoms with Crippen molar-refractivity contribution in [2.75, 3.05) is 54.5 Å². The SMILES string of the molecule is O=C(Nc1ccc(N2CCOCC2)c([N+](=O)[O-])c1)c1ccc(N2CCCCC2)c([N+](=O)[O-])c1. The Morgan fingerprint density at radius 3 is 2.03 bits per heavy atom. The average Bonchev–Trinajstić information content (AvgIpc) is 2.84. The van der Waals surface area contributed by atoms with Gasteiger partial charge in [0.1, 0.15) is 11.4 Å². The van der Waals surface area contributed by atoms with Crippen molar-refractivity contribution in [3.05, 3.63) is 62.2 Å². The van der Waals surface area contributed by atoms with Crippen molar-refractivity contribution in [3.63, 3.8) is 0 Å². The highest BCUT2D eigenvalue weighted by atomic mass is 16.6. The van der Waals surface area contributed by atoms with Crippen molar-refractivity contribution >= 4 is 34.3 Å². The molecule has 4 rings (SSSR count). The summed E-state index contributed by atoms with van der Waals surface area (Å²) in [6.45, 7) is 3.54. The van der Waals surface area contributed by atoms with Crippen LogP contribution in [0.3, 0.4) is 0 Å². The minimum atomic E-state index is -0.572. The summed E-state index contributed by atoms with van der Waals surface area (Å²) in [5.41, 5.74) is 1.07. The third kappa shape index (κ3) is 5.03. The maximum absolute atomic E-state index is 12.8. The number of nitro groups is 2. The Labute approximate surface area is 190 Å². The number of anilines is 3. The van der Waals surface area contributed by atoms with Crippen molar-refractivity contribution in [1.29, 1.82) is 0 Å². The Balaban J connectivity index is 1.56. The van der Waals surface area contributed by atoms with Crippen LogP contribution in [-0.2, 0) is 4.74 Å². The standard InChI is InChI=1S/C22H25N5O6/c28-22(16-4-6-18(20(14-16)26(29)30)24-8-2-1-3-9-24)23-17-5-7-19(21(15-17)27(31)32)25-10-12-33-13-11-25/h4-7,14-15H,1-3,8-13H2,(H,23,28). The number of hydrogen-bond acceptors (Lipinski definition) is 8. The largest absolute Gasteiger partial charge is 0.378 e. The van der Waals surface area contributed by atoms with E-state index < -0.39 is 15.8 Å². The van der Waals surface area contributed by atoms with E-state index in [4.69, 9.17) is 4.74 Å². The Morgan fingerprint density at radius 1 is 0.818 bits per heavy atom. The first-order chi connectivity index (χ1) is 15.9. The second kappa shape index (κ2) is 9.82. The van der Waals surface area contributed by atoms with E-state index in [-0.39, 0.29) is 22.6 Å². The van der Waals surface area contributed by atoms with Gasteiger partial charge in [-0.15, -0.1) is 0 Å². The lowest BCUT2D eigenvalue weighted by Crippen LogP contribution is -2.36. The molecule has 0 saturated carbocycles. The summed E-state index contributed by atoms with van der Waals surface area (Å²) in [5, 5.41) is 25.9. The molecule has 1 N–H and O–H groups in total. The van der Waals surface area contributed by atoms with Crippen molar-refractivity contribution in [3.8, 4) is 0 Å². The number of nitro benzene ring substituents is 2. The highest BCUT2D eigenvalue weighted by Gasteiger charge is 2.25. The molecule has 2 aromatic rings. The summed E-state index contributed by atoms with van der Waals surface area (Å²) in [5.74, 6) is -0.572. The Kier molecular flexibility index (Phi) is 6.68. The van der Waals surface area contributed by atoms with E-state index in [0.29, 0.717) is 37.7 Å². The molecule has 174 valence electrons. The van der Waals surface area contributed by atoms with Gasteiger partial charge in [0, 0.05) is 49.6 Å². The summed E-state index contributed by atoms with van der Waals surface area (Å²) in [6, 6.07) is 8.90. The molecule has 1 amide bonds. The number of piperidine rings is 1. The third-order valence-electron chi connectivity index (χ3n) is 5.91. The number of hydrogen-bond donors (Lipinski definition) is 1. The molecule has 2 aliphatic heterocycles. The van der Waals surface area contributed by atoms with Gasteiger partial charge in [-0.05, 0) is 43.5 Å². The molecule has 0 aliphatic carbocycles. The van der Waals surface area contributed by atoms with Gasteiger partial charge in [-0.2, -0.15) is 0 Å². The molecule has 2 saturated heterocycles. The Morgan fingerprint density at radius 2 is 1.39 bits per heavy atom. The van der Waals surface area contributed by atoms with Gasteiger partial charge in [-0.1, -0.05) is 0 Å². The van der Waals surface area contributed by atoms with E-state index in [1.54, 1.807) is 24.3 Å². The molecular weight excluding hydrogens is 430 g/mol. The predicted molar refractivity (Wildman–Crippen MR) is 123 cm³/mol. The van der Waals surface area contributed by atoms with Crippen molar-refractivity contribution in [2.45, 2.75) is 19.3 Å². The first kappa shape index (κ1) is 22.5. The van der Waals surface area contributed by atoms with Crippen LogP contribution in [0, 0.1) is 20.2 Å². The zero-order valence-corrected chi connectivity index (χ0v) is 18.1. The third-order valence-corrected chi connectivity index (χ3v) is 5.91. The topological polar surface area (TPSA) is 131 Å². The Hall–Kier alpha value is -3.73. The highest BCUT2D eigenvalue weighted by molar-refractivity contribution is 6.05. The predicted octanol–water partition coefficient (Wildman–Crippen LogP) is 3.58. The lowest BCUT2D eigenvalue weighted by molar-refractivity contribution is -0.384. The van der Waals surface area contributed by atoms with Crippen LogP contribution in [0.2, 0.25) is 0 Å². The molecular formula is C22H25N5O6. The van der Waals surface area contributed by atoms with Crippen molar-refractivity contribution in [1.82, 2.24) is 0 Å². The second-order valence-corrected chi connectivity index (χ2v) is 8.02. The normalized spacial score (nSPS) is 16.4. The summed E-state index contributed by atoms with van der Waals surface area (Å²) < 4.78 is 5.30. The van der Waals surface area contributed by atoms with Crippen LogP contribution in [-0.4, -0.2) is 55.1 Å². The molecule has 0 aromatic heterocycles. The fourth-order valence-electron chi connectivity index (χ4n) is 4.24. The molecule has 11 heteroatoms. The Bertz CT molecular complexity index is 1060. The molecule has 2 heterocycles. The number of rotatable bonds is 6. The smallest absolute Gasteiger partial charge is 0.294 e. The van der Waals surface area contributed by atoms with Crippen LogP contribution in [0.4, 0.5) is 28.4 Å². The first-order valence-electron chi connectivity index (χ1n) is 10.9. The average molecular weight is 455 g/mol. The number of nitrogens with one attached hydrogen (secondary N) is 1. The fourth-order valence-corrected chi connectivity index (χ4v) is 4.24. The molecule has 0 unspecified atom stereocenters. The summed E-state index contributed by atoms with van der Waals surface area (Å²) in [6.07, 6.45) is 3.04. The number of amides is 1. The van der Waals surface area contributed by atoms with E-state index in [0.717, 1.165) is 32.4 Å². The molecule has 2 aromatic carbocycles. The number of carbonyl (C=O) groups is 1. The van der Waals surface area contributed by atoms with Crippen LogP contribution < -0.4 is 15.1 Å². The quantitative estimate of drug-likeness (QED) is 0.516. The highest BCUT2D eigenvalue weighted by Crippen LogP contribution is 2.33. The van der Waals surface area contributed by atoms with Gasteiger partial charge in [0.05, 0.1) is 23.1 Å². The fraction of sp³-hybridized carbons (Fsp3) is 0.409. The van der Waals surface area contributed by atoms with Crippen LogP contribution in [0.15, 0.2) is 36.4 Å². The van der Waals surface area contributed by atoms with Gasteiger partial charge in [0.15, 0.2) is 0 Å².